The van der Waals surface area contributed by atoms with E-state index in [1.54, 1.807) is 0 Å². The summed E-state index contributed by atoms with van der Waals surface area (Å²) >= 11 is 0. The standard InChI is InChI=1S/C13H13N4/c1-10-13-12(8-9-16(10)2)17(15-14-13)11-6-4-3-5-7-11/h3-9H,1-2H3/q+1. The summed E-state index contributed by atoms with van der Waals surface area (Å²) in [5, 5.41) is 8.47. The van der Waals surface area contributed by atoms with E-state index in [0.29, 0.717) is 0 Å². The van der Waals surface area contributed by atoms with Crippen LogP contribution in [0.25, 0.3) is 16.7 Å². The van der Waals surface area contributed by atoms with Crippen molar-refractivity contribution in [3.63, 3.8) is 0 Å². The maximum Gasteiger partial charge on any atom is 0.208 e. The molecule has 0 unspecified atom stereocenters. The first-order valence-electron chi connectivity index (χ1n) is 5.53. The number of pyridine rings is 1. The highest BCUT2D eigenvalue weighted by molar-refractivity contribution is 5.76. The Balaban J connectivity index is 2.30. The van der Waals surface area contributed by atoms with Gasteiger partial charge in [0.05, 0.1) is 5.69 Å². The van der Waals surface area contributed by atoms with Crippen molar-refractivity contribution in [2.45, 2.75) is 6.92 Å². The lowest BCUT2D eigenvalue weighted by Gasteiger charge is -2.00. The number of rotatable bonds is 1. The molecule has 3 rings (SSSR count). The van der Waals surface area contributed by atoms with Crippen molar-refractivity contribution in [2.75, 3.05) is 0 Å². The normalized spacial score (nSPS) is 10.9. The van der Waals surface area contributed by atoms with Crippen LogP contribution in [0.2, 0.25) is 0 Å². The molecule has 17 heavy (non-hydrogen) atoms. The fourth-order valence-electron chi connectivity index (χ4n) is 1.92. The van der Waals surface area contributed by atoms with Crippen LogP contribution < -0.4 is 4.57 Å². The van der Waals surface area contributed by atoms with E-state index in [4.69, 9.17) is 0 Å². The monoisotopic (exact) mass is 225 g/mol. The van der Waals surface area contributed by atoms with Gasteiger partial charge in [0.2, 0.25) is 5.69 Å². The van der Waals surface area contributed by atoms with Crippen LogP contribution in [0.1, 0.15) is 5.69 Å². The summed E-state index contributed by atoms with van der Waals surface area (Å²) in [5.41, 5.74) is 4.12. The molecule has 0 aliphatic carbocycles. The largest absolute Gasteiger partial charge is 0.212 e. The molecule has 0 saturated carbocycles. The summed E-state index contributed by atoms with van der Waals surface area (Å²) in [7, 11) is 2.01. The second kappa shape index (κ2) is 3.66. The van der Waals surface area contributed by atoms with Crippen molar-refractivity contribution in [1.82, 2.24) is 15.0 Å². The van der Waals surface area contributed by atoms with Gasteiger partial charge in [-0.3, -0.25) is 0 Å². The number of aryl methyl sites for hydroxylation is 2. The SMILES string of the molecule is Cc1c2nnn(-c3ccccc3)c2cc[n+]1C. The van der Waals surface area contributed by atoms with Gasteiger partial charge in [0.1, 0.15) is 12.6 Å². The van der Waals surface area contributed by atoms with Gasteiger partial charge in [0.15, 0.2) is 11.7 Å². The molecule has 3 aromatic rings. The molecule has 0 aliphatic heterocycles. The number of hydrogen-bond acceptors (Lipinski definition) is 2. The Morgan fingerprint density at radius 3 is 2.65 bits per heavy atom. The van der Waals surface area contributed by atoms with Gasteiger partial charge < -0.3 is 0 Å². The average Bonchev–Trinajstić information content (AvgIpc) is 2.79. The maximum atomic E-state index is 4.25. The minimum Gasteiger partial charge on any atom is -0.212 e. The lowest BCUT2D eigenvalue weighted by Crippen LogP contribution is -2.31. The van der Waals surface area contributed by atoms with Gasteiger partial charge in [-0.2, -0.15) is 0 Å². The maximum absolute atomic E-state index is 4.25. The van der Waals surface area contributed by atoms with Crippen LogP contribution in [-0.2, 0) is 7.05 Å². The molecule has 4 nitrogen and oxygen atoms in total. The summed E-state index contributed by atoms with van der Waals surface area (Å²) in [6, 6.07) is 12.1. The number of nitrogens with zero attached hydrogens (tertiary/aromatic N) is 4. The van der Waals surface area contributed by atoms with Crippen LogP contribution in [0.4, 0.5) is 0 Å². The van der Waals surface area contributed by atoms with Gasteiger partial charge in [-0.05, 0) is 12.1 Å². The Morgan fingerprint density at radius 2 is 1.88 bits per heavy atom. The third kappa shape index (κ3) is 1.49. The van der Waals surface area contributed by atoms with Gasteiger partial charge in [-0.15, -0.1) is 5.10 Å². The molecule has 4 heteroatoms. The number of para-hydroxylation sites is 1. The van der Waals surface area contributed by atoms with Crippen LogP contribution in [0.5, 0.6) is 0 Å². The van der Waals surface area contributed by atoms with Crippen LogP contribution in [0.3, 0.4) is 0 Å². The van der Waals surface area contributed by atoms with Gasteiger partial charge in [-0.25, -0.2) is 9.25 Å². The van der Waals surface area contributed by atoms with Crippen LogP contribution in [-0.4, -0.2) is 15.0 Å². The van der Waals surface area contributed by atoms with Crippen LogP contribution in [0.15, 0.2) is 42.6 Å². The summed E-state index contributed by atoms with van der Waals surface area (Å²) < 4.78 is 3.91. The molecule has 0 saturated heterocycles. The minimum atomic E-state index is 0.943. The predicted molar refractivity (Wildman–Crippen MR) is 64.8 cm³/mol. The van der Waals surface area contributed by atoms with Crippen LogP contribution in [0, 0.1) is 6.92 Å². The first-order chi connectivity index (χ1) is 8.27. The minimum absolute atomic E-state index is 0.943. The van der Waals surface area contributed by atoms with Gasteiger partial charge in [0, 0.05) is 13.0 Å². The molecule has 0 atom stereocenters. The highest BCUT2D eigenvalue weighted by atomic mass is 15.4. The molecule has 0 radical (unpaired) electrons. The molecule has 0 N–H and O–H groups in total. The van der Waals surface area contributed by atoms with Gasteiger partial charge >= 0.3 is 0 Å². The van der Waals surface area contributed by atoms with Crippen molar-refractivity contribution in [3.05, 3.63) is 48.3 Å². The average molecular weight is 225 g/mol. The lowest BCUT2D eigenvalue weighted by atomic mass is 10.3. The number of fused-ring (bicyclic) bond motifs is 1. The third-order valence-corrected chi connectivity index (χ3v) is 3.03. The molecule has 0 bridgehead atoms. The molecular weight excluding hydrogens is 212 g/mol. The van der Waals surface area contributed by atoms with E-state index < -0.39 is 0 Å². The molecule has 84 valence electrons. The van der Waals surface area contributed by atoms with E-state index in [1.807, 2.05) is 65.8 Å². The number of aromatic nitrogens is 4. The lowest BCUT2D eigenvalue weighted by molar-refractivity contribution is -0.676. The summed E-state index contributed by atoms with van der Waals surface area (Å²) in [5.74, 6) is 0. The Kier molecular flexibility index (Phi) is 2.14. The van der Waals surface area contributed by atoms with E-state index in [2.05, 4.69) is 10.3 Å². The van der Waals surface area contributed by atoms with E-state index in [1.165, 1.54) is 0 Å². The predicted octanol–water partition coefficient (Wildman–Crippen LogP) is 1.55. The molecular formula is C13H13N4+. The van der Waals surface area contributed by atoms with Crippen molar-refractivity contribution in [1.29, 1.82) is 0 Å². The summed E-state index contributed by atoms with van der Waals surface area (Å²) in [4.78, 5) is 0. The molecule has 0 spiro atoms. The van der Waals surface area contributed by atoms with E-state index in [-0.39, 0.29) is 0 Å². The van der Waals surface area contributed by atoms with Crippen molar-refractivity contribution in [2.24, 2.45) is 7.05 Å². The zero-order valence-electron chi connectivity index (χ0n) is 9.83. The highest BCUT2D eigenvalue weighted by Gasteiger charge is 2.14. The van der Waals surface area contributed by atoms with Gasteiger partial charge in [-0.1, -0.05) is 23.4 Å². The Hall–Kier alpha value is -2.23. The van der Waals surface area contributed by atoms with Crippen molar-refractivity contribution >= 4 is 11.0 Å². The van der Waals surface area contributed by atoms with Crippen molar-refractivity contribution < 1.29 is 4.57 Å². The van der Waals surface area contributed by atoms with E-state index in [0.717, 1.165) is 22.4 Å². The summed E-state index contributed by atoms with van der Waals surface area (Å²) in [6.07, 6.45) is 2.03. The van der Waals surface area contributed by atoms with Crippen LogP contribution >= 0.6 is 0 Å². The fraction of sp³-hybridized carbons (Fsp3) is 0.154. The Labute approximate surface area is 99.1 Å². The number of benzene rings is 1. The molecule has 2 aromatic heterocycles. The quantitative estimate of drug-likeness (QED) is 0.589. The molecule has 1 aromatic carbocycles. The molecule has 0 amide bonds. The number of hydrogen-bond donors (Lipinski definition) is 0. The zero-order chi connectivity index (χ0) is 11.8. The zero-order valence-corrected chi connectivity index (χ0v) is 9.83. The second-order valence-corrected chi connectivity index (χ2v) is 4.08. The van der Waals surface area contributed by atoms with E-state index >= 15 is 0 Å². The smallest absolute Gasteiger partial charge is 0.208 e. The molecule has 0 aliphatic rings. The summed E-state index contributed by atoms with van der Waals surface area (Å²) in [6.45, 7) is 2.05. The van der Waals surface area contributed by atoms with Crippen molar-refractivity contribution in [3.8, 4) is 5.69 Å². The molecule has 0 fully saturated rings. The Bertz CT molecular complexity index is 670. The highest BCUT2D eigenvalue weighted by Crippen LogP contribution is 2.16. The topological polar surface area (TPSA) is 34.6 Å². The Morgan fingerprint density at radius 1 is 1.12 bits per heavy atom. The fourth-order valence-corrected chi connectivity index (χ4v) is 1.92. The first-order valence-corrected chi connectivity index (χ1v) is 5.53. The third-order valence-electron chi connectivity index (χ3n) is 3.03. The van der Waals surface area contributed by atoms with Gasteiger partial charge in [0.25, 0.3) is 0 Å². The first kappa shape index (κ1) is 9.96. The molecule has 2 heterocycles. The van der Waals surface area contributed by atoms with E-state index in [9.17, 15) is 0 Å². The second-order valence-electron chi connectivity index (χ2n) is 4.08.